The van der Waals surface area contributed by atoms with Crippen LogP contribution in [0.5, 0.6) is 5.75 Å². The normalized spacial score (nSPS) is 11.2. The summed E-state index contributed by atoms with van der Waals surface area (Å²) in [7, 11) is 1.64. The number of hydrogen-bond donors (Lipinski definition) is 0. The Bertz CT molecular complexity index is 1370. The van der Waals surface area contributed by atoms with Crippen LogP contribution in [-0.4, -0.2) is 31.8 Å². The third-order valence-electron chi connectivity index (χ3n) is 4.69. The molecular weight excluding hydrogens is 398 g/mol. The van der Waals surface area contributed by atoms with E-state index in [0.717, 1.165) is 27.8 Å². The van der Waals surface area contributed by atoms with Gasteiger partial charge in [0, 0.05) is 11.9 Å². The number of para-hydroxylation sites is 2. The van der Waals surface area contributed by atoms with Crippen LogP contribution in [0.15, 0.2) is 82.1 Å². The lowest BCUT2D eigenvalue weighted by atomic mass is 10.2. The number of allylic oxidation sites excluding steroid dienone is 1. The molecule has 0 aliphatic heterocycles. The number of aromatic nitrogens is 5. The highest BCUT2D eigenvalue weighted by Gasteiger charge is 2.20. The first-order chi connectivity index (χ1) is 14.8. The molecular formula is C22H17N5O2S. The maximum atomic E-state index is 6.04. The monoisotopic (exact) mass is 415 g/mol. The van der Waals surface area contributed by atoms with E-state index in [1.807, 2.05) is 59.2 Å². The molecule has 3 aromatic heterocycles. The van der Waals surface area contributed by atoms with Gasteiger partial charge in [-0.1, -0.05) is 30.3 Å². The Morgan fingerprint density at radius 1 is 1.10 bits per heavy atom. The van der Waals surface area contributed by atoms with Gasteiger partial charge in [-0.2, -0.15) is 0 Å². The standard InChI is InChI=1S/C22H17N5O2S/c1-3-12-27-20(15-9-5-6-10-16(15)28-2)25-26-22(27)30-21-19-18(23-13-24-21)14-8-4-7-11-17(14)29-19/h3-11,13H,1,12H2,2H3. The Hall–Kier alpha value is -3.65. The van der Waals surface area contributed by atoms with Crippen molar-refractivity contribution in [3.63, 3.8) is 0 Å². The number of ether oxygens (including phenoxy) is 1. The molecule has 0 aliphatic carbocycles. The number of methoxy groups -OCH3 is 1. The fourth-order valence-electron chi connectivity index (χ4n) is 3.35. The van der Waals surface area contributed by atoms with Crippen molar-refractivity contribution in [2.45, 2.75) is 16.7 Å². The van der Waals surface area contributed by atoms with Crippen molar-refractivity contribution in [3.05, 3.63) is 67.5 Å². The third kappa shape index (κ3) is 3.02. The number of hydrogen-bond acceptors (Lipinski definition) is 7. The molecule has 0 aliphatic rings. The number of benzene rings is 2. The average Bonchev–Trinajstić information content (AvgIpc) is 3.36. The van der Waals surface area contributed by atoms with Crippen LogP contribution in [0.1, 0.15) is 0 Å². The van der Waals surface area contributed by atoms with Gasteiger partial charge < -0.3 is 9.15 Å². The second kappa shape index (κ2) is 7.64. The summed E-state index contributed by atoms with van der Waals surface area (Å²) in [5.41, 5.74) is 3.05. The molecule has 7 nitrogen and oxygen atoms in total. The summed E-state index contributed by atoms with van der Waals surface area (Å²) in [5, 5.41) is 11.2. The average molecular weight is 415 g/mol. The molecule has 0 saturated carbocycles. The third-order valence-corrected chi connectivity index (χ3v) is 5.66. The summed E-state index contributed by atoms with van der Waals surface area (Å²) in [6.07, 6.45) is 3.35. The molecule has 8 heteroatoms. The molecule has 0 amide bonds. The van der Waals surface area contributed by atoms with E-state index in [1.165, 1.54) is 11.8 Å². The van der Waals surface area contributed by atoms with E-state index < -0.39 is 0 Å². The lowest BCUT2D eigenvalue weighted by Crippen LogP contribution is -2.01. The molecule has 2 aromatic carbocycles. The Labute approximate surface area is 176 Å². The molecule has 0 unspecified atom stereocenters. The van der Waals surface area contributed by atoms with Crippen molar-refractivity contribution in [2.24, 2.45) is 0 Å². The molecule has 0 bridgehead atoms. The quantitative estimate of drug-likeness (QED) is 0.286. The minimum absolute atomic E-state index is 0.539. The second-order valence-corrected chi connectivity index (χ2v) is 7.42. The van der Waals surface area contributed by atoms with Gasteiger partial charge in [0.15, 0.2) is 21.6 Å². The van der Waals surface area contributed by atoms with Gasteiger partial charge in [-0.25, -0.2) is 9.97 Å². The Kier molecular flexibility index (Phi) is 4.68. The summed E-state index contributed by atoms with van der Waals surface area (Å²) in [6, 6.07) is 15.5. The SMILES string of the molecule is C=CCn1c(Sc2ncnc3c2oc2ccccc23)nnc1-c1ccccc1OC. The Morgan fingerprint density at radius 2 is 1.93 bits per heavy atom. The summed E-state index contributed by atoms with van der Waals surface area (Å²) in [5.74, 6) is 1.43. The van der Waals surface area contributed by atoms with E-state index in [0.29, 0.717) is 28.1 Å². The summed E-state index contributed by atoms with van der Waals surface area (Å²) < 4.78 is 13.5. The second-order valence-electron chi connectivity index (χ2n) is 6.46. The number of rotatable bonds is 6. The van der Waals surface area contributed by atoms with Gasteiger partial charge in [0.05, 0.1) is 12.7 Å². The smallest absolute Gasteiger partial charge is 0.198 e. The zero-order valence-electron chi connectivity index (χ0n) is 16.1. The highest BCUT2D eigenvalue weighted by Crippen LogP contribution is 2.37. The van der Waals surface area contributed by atoms with Crippen molar-refractivity contribution in [2.75, 3.05) is 7.11 Å². The van der Waals surface area contributed by atoms with E-state index in [2.05, 4.69) is 26.7 Å². The van der Waals surface area contributed by atoms with Crippen LogP contribution in [0, 0.1) is 0 Å². The van der Waals surface area contributed by atoms with Gasteiger partial charge in [0.25, 0.3) is 0 Å². The van der Waals surface area contributed by atoms with Crippen molar-refractivity contribution in [1.29, 1.82) is 0 Å². The maximum Gasteiger partial charge on any atom is 0.198 e. The van der Waals surface area contributed by atoms with Gasteiger partial charge in [-0.3, -0.25) is 4.57 Å². The number of nitrogens with zero attached hydrogens (tertiary/aromatic N) is 5. The van der Waals surface area contributed by atoms with E-state index in [1.54, 1.807) is 13.4 Å². The molecule has 5 rings (SSSR count). The topological polar surface area (TPSA) is 78.9 Å². The van der Waals surface area contributed by atoms with Gasteiger partial charge in [0.2, 0.25) is 0 Å². The van der Waals surface area contributed by atoms with Crippen molar-refractivity contribution < 1.29 is 9.15 Å². The van der Waals surface area contributed by atoms with Crippen LogP contribution in [-0.2, 0) is 6.54 Å². The number of fused-ring (bicyclic) bond motifs is 3. The molecule has 0 saturated heterocycles. The van der Waals surface area contributed by atoms with Crippen molar-refractivity contribution in [3.8, 4) is 17.1 Å². The van der Waals surface area contributed by atoms with E-state index >= 15 is 0 Å². The summed E-state index contributed by atoms with van der Waals surface area (Å²) in [6.45, 7) is 4.42. The summed E-state index contributed by atoms with van der Waals surface area (Å²) >= 11 is 1.38. The molecule has 0 spiro atoms. The summed E-state index contributed by atoms with van der Waals surface area (Å²) in [4.78, 5) is 8.85. The first-order valence-corrected chi connectivity index (χ1v) is 10.1. The molecule has 0 radical (unpaired) electrons. The zero-order chi connectivity index (χ0) is 20.5. The largest absolute Gasteiger partial charge is 0.496 e. The molecule has 0 fully saturated rings. The molecule has 3 heterocycles. The van der Waals surface area contributed by atoms with Crippen molar-refractivity contribution in [1.82, 2.24) is 24.7 Å². The number of furan rings is 1. The van der Waals surface area contributed by atoms with Gasteiger partial charge >= 0.3 is 0 Å². The molecule has 0 N–H and O–H groups in total. The van der Waals surface area contributed by atoms with Crippen LogP contribution in [0.25, 0.3) is 33.5 Å². The van der Waals surface area contributed by atoms with Crippen LogP contribution in [0.3, 0.4) is 0 Å². The predicted molar refractivity (Wildman–Crippen MR) is 116 cm³/mol. The Morgan fingerprint density at radius 3 is 2.80 bits per heavy atom. The van der Waals surface area contributed by atoms with Gasteiger partial charge in [-0.15, -0.1) is 16.8 Å². The lowest BCUT2D eigenvalue weighted by Gasteiger charge is -2.10. The van der Waals surface area contributed by atoms with Crippen LogP contribution in [0.4, 0.5) is 0 Å². The van der Waals surface area contributed by atoms with E-state index in [-0.39, 0.29) is 0 Å². The minimum atomic E-state index is 0.539. The fourth-order valence-corrected chi connectivity index (χ4v) is 4.21. The molecule has 148 valence electrons. The first kappa shape index (κ1) is 18.4. The molecule has 30 heavy (non-hydrogen) atoms. The van der Waals surface area contributed by atoms with Crippen LogP contribution >= 0.6 is 11.8 Å². The van der Waals surface area contributed by atoms with Crippen LogP contribution in [0.2, 0.25) is 0 Å². The molecule has 0 atom stereocenters. The maximum absolute atomic E-state index is 6.04. The van der Waals surface area contributed by atoms with Gasteiger partial charge in [0.1, 0.15) is 23.2 Å². The van der Waals surface area contributed by atoms with E-state index in [9.17, 15) is 0 Å². The minimum Gasteiger partial charge on any atom is -0.496 e. The highest BCUT2D eigenvalue weighted by molar-refractivity contribution is 7.99. The zero-order valence-corrected chi connectivity index (χ0v) is 17.0. The van der Waals surface area contributed by atoms with Gasteiger partial charge in [-0.05, 0) is 36.0 Å². The fraction of sp³-hybridized carbons (Fsp3) is 0.0909. The predicted octanol–water partition coefficient (Wildman–Crippen LogP) is 4.98. The lowest BCUT2D eigenvalue weighted by molar-refractivity contribution is 0.416. The highest BCUT2D eigenvalue weighted by atomic mass is 32.2. The first-order valence-electron chi connectivity index (χ1n) is 9.27. The van der Waals surface area contributed by atoms with E-state index in [4.69, 9.17) is 9.15 Å². The molecule has 5 aromatic rings. The van der Waals surface area contributed by atoms with Crippen molar-refractivity contribution >= 4 is 33.8 Å². The van der Waals surface area contributed by atoms with Crippen LogP contribution < -0.4 is 4.74 Å². The Balaban J connectivity index is 1.62.